The largest absolute Gasteiger partial charge is 0.490 e. The third-order valence-corrected chi connectivity index (χ3v) is 7.77. The molecular weight excluding hydrogens is 320 g/mol. The van der Waals surface area contributed by atoms with Gasteiger partial charge in [0, 0.05) is 16.5 Å². The smallest absolute Gasteiger partial charge is 0.214 e. The van der Waals surface area contributed by atoms with E-state index in [-0.39, 0.29) is 16.1 Å². The van der Waals surface area contributed by atoms with Crippen LogP contribution in [0, 0.1) is 0 Å². The summed E-state index contributed by atoms with van der Waals surface area (Å²) in [6, 6.07) is 7.85. The van der Waals surface area contributed by atoms with Crippen LogP contribution in [0.2, 0.25) is 0 Å². The van der Waals surface area contributed by atoms with E-state index in [1.54, 1.807) is 0 Å². The van der Waals surface area contributed by atoms with Crippen molar-refractivity contribution in [3.8, 4) is 5.75 Å². The Kier molecular flexibility index (Phi) is 6.61. The Morgan fingerprint density at radius 2 is 1.83 bits per heavy atom. The normalized spacial score (nSPS) is 21.4. The predicted octanol–water partition coefficient (Wildman–Crippen LogP) is 4.01. The van der Waals surface area contributed by atoms with E-state index in [0.717, 1.165) is 55.3 Å². The highest BCUT2D eigenvalue weighted by atomic mass is 32.2. The molecule has 1 heterocycles. The van der Waals surface area contributed by atoms with Crippen LogP contribution < -0.4 is 4.74 Å². The quantitative estimate of drug-likeness (QED) is 0.575. The second-order valence-electron chi connectivity index (χ2n) is 6.72. The maximum Gasteiger partial charge on any atom is 0.214 e. The van der Waals surface area contributed by atoms with Crippen LogP contribution in [0.3, 0.4) is 0 Å². The van der Waals surface area contributed by atoms with Crippen molar-refractivity contribution in [1.82, 2.24) is 0 Å². The Morgan fingerprint density at radius 3 is 2.46 bits per heavy atom. The minimum Gasteiger partial charge on any atom is -0.490 e. The lowest BCUT2D eigenvalue weighted by Crippen LogP contribution is -2.39. The molecule has 0 aromatic heterocycles. The number of ketones is 1. The summed E-state index contributed by atoms with van der Waals surface area (Å²) in [5.74, 6) is 3.27. The zero-order valence-electron chi connectivity index (χ0n) is 14.7. The number of rotatable bonds is 6. The van der Waals surface area contributed by atoms with Gasteiger partial charge >= 0.3 is 0 Å². The van der Waals surface area contributed by atoms with E-state index < -0.39 is 0 Å². The molecule has 0 radical (unpaired) electrons. The minimum absolute atomic E-state index is 0.152. The zero-order chi connectivity index (χ0) is 16.8. The monoisotopic (exact) mass is 349 g/mol. The van der Waals surface area contributed by atoms with E-state index >= 15 is 0 Å². The first-order valence-electron chi connectivity index (χ1n) is 9.33. The summed E-state index contributed by atoms with van der Waals surface area (Å²) in [5.41, 5.74) is 0.830. The van der Waals surface area contributed by atoms with Crippen LogP contribution in [0.1, 0.15) is 55.8 Å². The van der Waals surface area contributed by atoms with Crippen molar-refractivity contribution in [3.05, 3.63) is 29.8 Å². The molecule has 0 amide bonds. The number of benzene rings is 1. The van der Waals surface area contributed by atoms with Gasteiger partial charge in [0.05, 0.1) is 19.3 Å². The molecule has 3 nitrogen and oxygen atoms in total. The van der Waals surface area contributed by atoms with Gasteiger partial charge in [0.15, 0.2) is 5.25 Å². The summed E-state index contributed by atoms with van der Waals surface area (Å²) in [6.07, 6.45) is 7.46. The third-order valence-electron chi connectivity index (χ3n) is 5.04. The van der Waals surface area contributed by atoms with Gasteiger partial charge in [-0.1, -0.05) is 13.3 Å². The number of Topliss-reactive ketones (excluding diaryl/α,β-unsaturated/α-hetero) is 1. The lowest BCUT2D eigenvalue weighted by molar-refractivity contribution is 0.0985. The first-order valence-corrected chi connectivity index (χ1v) is 11.0. The topological polar surface area (TPSA) is 35.5 Å². The number of hydrogen-bond donors (Lipinski definition) is 0. The van der Waals surface area contributed by atoms with Gasteiger partial charge in [-0.3, -0.25) is 4.79 Å². The second kappa shape index (κ2) is 8.91. The van der Waals surface area contributed by atoms with E-state index in [1.807, 2.05) is 24.3 Å². The van der Waals surface area contributed by atoms with Crippen molar-refractivity contribution in [2.45, 2.75) is 56.8 Å². The molecule has 1 aliphatic carbocycles. The lowest BCUT2D eigenvalue weighted by atomic mass is 9.98. The van der Waals surface area contributed by atoms with E-state index in [4.69, 9.17) is 9.47 Å². The summed E-state index contributed by atoms with van der Waals surface area (Å²) in [4.78, 5) is 12.9. The Bertz CT molecular complexity index is 516. The molecule has 2 fully saturated rings. The first-order chi connectivity index (χ1) is 11.8. The predicted molar refractivity (Wildman–Crippen MR) is 100 cm³/mol. The summed E-state index contributed by atoms with van der Waals surface area (Å²) in [6.45, 7) is 3.74. The molecule has 0 spiro atoms. The summed E-state index contributed by atoms with van der Waals surface area (Å²) in [7, 11) is 0.170. The molecular formula is C20H29O3S+. The molecule has 0 bridgehead atoms. The molecule has 1 saturated heterocycles. The zero-order valence-corrected chi connectivity index (χ0v) is 15.5. The van der Waals surface area contributed by atoms with Gasteiger partial charge in [0.2, 0.25) is 5.78 Å². The van der Waals surface area contributed by atoms with E-state index in [2.05, 4.69) is 6.92 Å². The van der Waals surface area contributed by atoms with Crippen LogP contribution in [0.25, 0.3) is 0 Å². The van der Waals surface area contributed by atoms with Crippen LogP contribution in [0.15, 0.2) is 24.3 Å². The minimum atomic E-state index is 0.152. The Morgan fingerprint density at radius 1 is 1.17 bits per heavy atom. The highest BCUT2D eigenvalue weighted by molar-refractivity contribution is 7.98. The number of carbonyl (C=O) groups is 1. The molecule has 2 aliphatic rings. The Labute approximate surface area is 148 Å². The molecule has 1 aromatic carbocycles. The highest BCUT2D eigenvalue weighted by Crippen LogP contribution is 2.25. The molecule has 4 heteroatoms. The number of carbonyl (C=O) groups excluding carboxylic acids is 1. The molecule has 3 rings (SSSR count). The second-order valence-corrected chi connectivity index (χ2v) is 9.18. The van der Waals surface area contributed by atoms with E-state index in [0.29, 0.717) is 11.9 Å². The fraction of sp³-hybridized carbons (Fsp3) is 0.650. The van der Waals surface area contributed by atoms with E-state index in [1.165, 1.54) is 19.3 Å². The molecule has 0 N–H and O–H groups in total. The molecule has 1 unspecified atom stereocenters. The molecule has 1 aromatic rings. The standard InChI is InChI=1S/C20H29O3S/c1-2-19(24-14-12-22-13-15-24)20(21)16-8-10-18(11-9-16)23-17-6-4-3-5-7-17/h8-11,17,19H,2-7,12-15H2,1H3/q+1. The van der Waals surface area contributed by atoms with Gasteiger partial charge in [0.25, 0.3) is 0 Å². The number of ether oxygens (including phenoxy) is 2. The third kappa shape index (κ3) is 4.54. The van der Waals surface area contributed by atoms with Crippen molar-refractivity contribution >= 4 is 16.7 Å². The van der Waals surface area contributed by atoms with Crippen molar-refractivity contribution in [1.29, 1.82) is 0 Å². The highest BCUT2D eigenvalue weighted by Gasteiger charge is 2.37. The Hall–Kier alpha value is -1.00. The summed E-state index contributed by atoms with van der Waals surface area (Å²) >= 11 is 0. The van der Waals surface area contributed by atoms with Gasteiger partial charge in [-0.15, -0.1) is 0 Å². The van der Waals surface area contributed by atoms with Crippen LogP contribution in [-0.2, 0) is 15.6 Å². The van der Waals surface area contributed by atoms with Crippen molar-refractivity contribution in [3.63, 3.8) is 0 Å². The fourth-order valence-electron chi connectivity index (χ4n) is 3.65. The average molecular weight is 350 g/mol. The van der Waals surface area contributed by atoms with Gasteiger partial charge in [0.1, 0.15) is 17.3 Å². The molecule has 1 atom stereocenters. The fourth-order valence-corrected chi connectivity index (χ4v) is 6.00. The Balaban J connectivity index is 1.61. The summed E-state index contributed by atoms with van der Waals surface area (Å²) in [5, 5.41) is 0.152. The molecule has 132 valence electrons. The van der Waals surface area contributed by atoms with Gasteiger partial charge < -0.3 is 9.47 Å². The number of hydrogen-bond acceptors (Lipinski definition) is 3. The average Bonchev–Trinajstić information content (AvgIpc) is 2.65. The van der Waals surface area contributed by atoms with Crippen molar-refractivity contribution < 1.29 is 14.3 Å². The van der Waals surface area contributed by atoms with Crippen LogP contribution in [-0.4, -0.2) is 41.9 Å². The van der Waals surface area contributed by atoms with Crippen LogP contribution in [0.5, 0.6) is 5.75 Å². The first kappa shape index (κ1) is 17.8. The van der Waals surface area contributed by atoms with Gasteiger partial charge in [-0.25, -0.2) is 0 Å². The SMILES string of the molecule is CCC(C(=O)c1ccc(OC2CCCCC2)cc1)[S+]1CCOCC1. The summed E-state index contributed by atoms with van der Waals surface area (Å²) < 4.78 is 11.5. The molecule has 1 saturated carbocycles. The van der Waals surface area contributed by atoms with Gasteiger partial charge in [-0.05, 0) is 56.4 Å². The van der Waals surface area contributed by atoms with Gasteiger partial charge in [-0.2, -0.15) is 0 Å². The van der Waals surface area contributed by atoms with Crippen LogP contribution >= 0.6 is 0 Å². The maximum atomic E-state index is 12.9. The maximum absolute atomic E-state index is 12.9. The van der Waals surface area contributed by atoms with E-state index in [9.17, 15) is 4.79 Å². The lowest BCUT2D eigenvalue weighted by Gasteiger charge is -2.23. The molecule has 1 aliphatic heterocycles. The molecule has 24 heavy (non-hydrogen) atoms. The van der Waals surface area contributed by atoms with Crippen LogP contribution in [0.4, 0.5) is 0 Å². The van der Waals surface area contributed by atoms with Crippen molar-refractivity contribution in [2.75, 3.05) is 24.7 Å². The van der Waals surface area contributed by atoms with Crippen molar-refractivity contribution in [2.24, 2.45) is 0 Å².